The fraction of sp³-hybridized carbons (Fsp3) is 0.0800. The number of carboxylic acid groups (broad SMARTS) is 1. The van der Waals surface area contributed by atoms with Gasteiger partial charge in [-0.2, -0.15) is 0 Å². The van der Waals surface area contributed by atoms with Crippen LogP contribution in [-0.4, -0.2) is 11.1 Å². The summed E-state index contributed by atoms with van der Waals surface area (Å²) in [5, 5.41) is 14.9. The zero-order valence-corrected chi connectivity index (χ0v) is 16.9. The van der Waals surface area contributed by atoms with Crippen molar-refractivity contribution in [3.63, 3.8) is 0 Å². The van der Waals surface area contributed by atoms with Crippen LogP contribution in [-0.2, 0) is 13.2 Å². The highest BCUT2D eigenvalue weighted by Gasteiger charge is 2.12. The lowest BCUT2D eigenvalue weighted by Crippen LogP contribution is -2.05. The summed E-state index contributed by atoms with van der Waals surface area (Å²) in [4.78, 5) is 11.2. The Balaban J connectivity index is 1.61. The number of carboxylic acids is 1. The van der Waals surface area contributed by atoms with E-state index < -0.39 is 5.97 Å². The minimum absolute atomic E-state index is 0.0826. The van der Waals surface area contributed by atoms with Crippen LogP contribution in [0.4, 0.5) is 5.69 Å². The minimum atomic E-state index is -1.04. The van der Waals surface area contributed by atoms with Gasteiger partial charge >= 0.3 is 5.97 Å². The van der Waals surface area contributed by atoms with E-state index in [2.05, 4.69) is 23.5 Å². The van der Waals surface area contributed by atoms with E-state index in [1.54, 1.807) is 12.1 Å². The van der Waals surface area contributed by atoms with Gasteiger partial charge < -0.3 is 15.2 Å². The molecule has 5 heteroatoms. The van der Waals surface area contributed by atoms with E-state index in [1.165, 1.54) is 6.07 Å². The molecule has 4 nitrogen and oxygen atoms in total. The lowest BCUT2D eigenvalue weighted by Gasteiger charge is -2.16. The Labute approximate surface area is 179 Å². The summed E-state index contributed by atoms with van der Waals surface area (Å²) < 4.78 is 6.15. The van der Waals surface area contributed by atoms with Crippen molar-refractivity contribution in [2.45, 2.75) is 13.2 Å². The molecule has 30 heavy (non-hydrogen) atoms. The van der Waals surface area contributed by atoms with Crippen LogP contribution in [0.2, 0.25) is 5.02 Å². The number of aromatic carboxylic acids is 1. The predicted molar refractivity (Wildman–Crippen MR) is 120 cm³/mol. The molecule has 0 saturated carbocycles. The van der Waals surface area contributed by atoms with Crippen molar-refractivity contribution in [1.29, 1.82) is 0 Å². The summed E-state index contributed by atoms with van der Waals surface area (Å²) in [6.07, 6.45) is 0. The third-order valence-electron chi connectivity index (χ3n) is 4.90. The van der Waals surface area contributed by atoms with Crippen LogP contribution < -0.4 is 10.1 Å². The summed E-state index contributed by atoms with van der Waals surface area (Å²) in [5.74, 6) is -0.240. The first-order valence-corrected chi connectivity index (χ1v) is 9.93. The van der Waals surface area contributed by atoms with Crippen molar-refractivity contribution in [1.82, 2.24) is 0 Å². The van der Waals surface area contributed by atoms with E-state index in [0.29, 0.717) is 13.2 Å². The van der Waals surface area contributed by atoms with Crippen LogP contribution in [0, 0.1) is 0 Å². The van der Waals surface area contributed by atoms with Crippen LogP contribution in [0.1, 0.15) is 21.5 Å². The standard InChI is InChI=1S/C25H20ClNO3/c26-23-14-19(11-12-21(23)25(28)29)27-15-22-20-9-5-4-8-18(20)10-13-24(22)30-16-17-6-2-1-3-7-17/h1-14,27H,15-16H2,(H,28,29). The third-order valence-corrected chi connectivity index (χ3v) is 5.22. The van der Waals surface area contributed by atoms with Crippen LogP contribution in [0.3, 0.4) is 0 Å². The molecule has 2 N–H and O–H groups in total. The normalized spacial score (nSPS) is 10.7. The molecule has 0 bridgehead atoms. The van der Waals surface area contributed by atoms with Gasteiger partial charge in [-0.05, 0) is 40.6 Å². The van der Waals surface area contributed by atoms with Crippen molar-refractivity contribution in [2.24, 2.45) is 0 Å². The molecule has 0 aliphatic rings. The Morgan fingerprint density at radius 1 is 0.933 bits per heavy atom. The van der Waals surface area contributed by atoms with Gasteiger partial charge in [-0.1, -0.05) is 72.3 Å². The number of ether oxygens (including phenoxy) is 1. The van der Waals surface area contributed by atoms with Gasteiger partial charge in [0, 0.05) is 17.8 Å². The molecular formula is C25H20ClNO3. The molecular weight excluding hydrogens is 398 g/mol. The molecule has 0 unspecified atom stereocenters. The summed E-state index contributed by atoms with van der Waals surface area (Å²) in [6, 6.07) is 27.1. The smallest absolute Gasteiger partial charge is 0.337 e. The molecule has 4 aromatic carbocycles. The molecule has 0 radical (unpaired) electrons. The number of hydrogen-bond donors (Lipinski definition) is 2. The van der Waals surface area contributed by atoms with Gasteiger partial charge in [-0.15, -0.1) is 0 Å². The molecule has 0 spiro atoms. The number of carbonyl (C=O) groups is 1. The number of anilines is 1. The number of rotatable bonds is 7. The van der Waals surface area contributed by atoms with Crippen LogP contribution in [0.25, 0.3) is 10.8 Å². The third kappa shape index (κ3) is 4.39. The SMILES string of the molecule is O=C(O)c1ccc(NCc2c(OCc3ccccc3)ccc3ccccc23)cc1Cl. The Kier molecular flexibility index (Phi) is 5.87. The van der Waals surface area contributed by atoms with E-state index in [4.69, 9.17) is 21.4 Å². The molecule has 0 heterocycles. The molecule has 0 fully saturated rings. The highest BCUT2D eigenvalue weighted by molar-refractivity contribution is 6.33. The van der Waals surface area contributed by atoms with Crippen molar-refractivity contribution in [3.05, 3.63) is 107 Å². The lowest BCUT2D eigenvalue weighted by atomic mass is 10.0. The summed E-state index contributed by atoms with van der Waals surface area (Å²) in [7, 11) is 0. The van der Waals surface area contributed by atoms with Crippen molar-refractivity contribution < 1.29 is 14.6 Å². The quantitative estimate of drug-likeness (QED) is 0.366. The summed E-state index contributed by atoms with van der Waals surface area (Å²) in [6.45, 7) is 0.986. The molecule has 4 rings (SSSR count). The number of hydrogen-bond acceptors (Lipinski definition) is 3. The largest absolute Gasteiger partial charge is 0.489 e. The van der Waals surface area contributed by atoms with E-state index in [0.717, 1.165) is 33.3 Å². The van der Waals surface area contributed by atoms with Gasteiger partial charge in [0.25, 0.3) is 0 Å². The minimum Gasteiger partial charge on any atom is -0.489 e. The molecule has 0 aromatic heterocycles. The molecule has 4 aromatic rings. The van der Waals surface area contributed by atoms with Crippen molar-refractivity contribution in [3.8, 4) is 5.75 Å². The molecule has 150 valence electrons. The van der Waals surface area contributed by atoms with E-state index in [-0.39, 0.29) is 10.6 Å². The van der Waals surface area contributed by atoms with E-state index >= 15 is 0 Å². The molecule has 0 atom stereocenters. The van der Waals surface area contributed by atoms with E-state index in [1.807, 2.05) is 48.5 Å². The average molecular weight is 418 g/mol. The summed E-state index contributed by atoms with van der Waals surface area (Å²) >= 11 is 6.10. The Morgan fingerprint density at radius 2 is 1.70 bits per heavy atom. The van der Waals surface area contributed by atoms with Crippen LogP contribution >= 0.6 is 11.6 Å². The number of halogens is 1. The van der Waals surface area contributed by atoms with Gasteiger partial charge in [-0.3, -0.25) is 0 Å². The highest BCUT2D eigenvalue weighted by Crippen LogP contribution is 2.30. The van der Waals surface area contributed by atoms with Gasteiger partial charge in [-0.25, -0.2) is 4.79 Å². The Hall–Kier alpha value is -3.50. The first-order valence-electron chi connectivity index (χ1n) is 9.56. The zero-order valence-electron chi connectivity index (χ0n) is 16.1. The van der Waals surface area contributed by atoms with Gasteiger partial charge in [0.1, 0.15) is 12.4 Å². The number of nitrogens with one attached hydrogen (secondary N) is 1. The molecule has 0 saturated heterocycles. The first-order chi connectivity index (χ1) is 14.6. The Morgan fingerprint density at radius 3 is 2.47 bits per heavy atom. The predicted octanol–water partition coefficient (Wildman–Crippen LogP) is 6.38. The van der Waals surface area contributed by atoms with Gasteiger partial charge in [0.2, 0.25) is 0 Å². The fourth-order valence-corrected chi connectivity index (χ4v) is 3.62. The van der Waals surface area contributed by atoms with Crippen molar-refractivity contribution >= 4 is 34.0 Å². The maximum Gasteiger partial charge on any atom is 0.337 e. The Bertz CT molecular complexity index is 1190. The second-order valence-corrected chi connectivity index (χ2v) is 7.30. The lowest BCUT2D eigenvalue weighted by molar-refractivity contribution is 0.0697. The fourth-order valence-electron chi connectivity index (χ4n) is 3.36. The monoisotopic (exact) mass is 417 g/mol. The number of benzene rings is 4. The molecule has 0 aliphatic carbocycles. The van der Waals surface area contributed by atoms with Crippen LogP contribution in [0.5, 0.6) is 5.75 Å². The topological polar surface area (TPSA) is 58.6 Å². The first kappa shape index (κ1) is 19.8. The zero-order chi connectivity index (χ0) is 20.9. The van der Waals surface area contributed by atoms with Gasteiger partial charge in [0.15, 0.2) is 0 Å². The van der Waals surface area contributed by atoms with Crippen LogP contribution in [0.15, 0.2) is 84.9 Å². The maximum atomic E-state index is 11.2. The summed E-state index contributed by atoms with van der Waals surface area (Å²) in [5.41, 5.74) is 2.95. The second kappa shape index (κ2) is 8.89. The maximum absolute atomic E-state index is 11.2. The second-order valence-electron chi connectivity index (χ2n) is 6.89. The van der Waals surface area contributed by atoms with E-state index in [9.17, 15) is 4.79 Å². The highest BCUT2D eigenvalue weighted by atomic mass is 35.5. The number of fused-ring (bicyclic) bond motifs is 1. The van der Waals surface area contributed by atoms with Crippen molar-refractivity contribution in [2.75, 3.05) is 5.32 Å². The molecule has 0 amide bonds. The van der Waals surface area contributed by atoms with Gasteiger partial charge in [0.05, 0.1) is 10.6 Å². The average Bonchev–Trinajstić information content (AvgIpc) is 2.77. The molecule has 0 aliphatic heterocycles.